The minimum absolute atomic E-state index is 0.0165. The van der Waals surface area contributed by atoms with E-state index in [0.717, 1.165) is 11.8 Å². The fourth-order valence-corrected chi connectivity index (χ4v) is 5.20. The van der Waals surface area contributed by atoms with Crippen molar-refractivity contribution in [2.75, 3.05) is 6.61 Å². The molecule has 0 N–H and O–H groups in total. The van der Waals surface area contributed by atoms with Crippen molar-refractivity contribution in [2.45, 2.75) is 71.0 Å². The van der Waals surface area contributed by atoms with Crippen LogP contribution in [0.25, 0.3) is 0 Å². The summed E-state index contributed by atoms with van der Waals surface area (Å²) in [6.07, 6.45) is 6.29. The lowest BCUT2D eigenvalue weighted by Gasteiger charge is -2.48. The Kier molecular flexibility index (Phi) is 3.39. The van der Waals surface area contributed by atoms with Crippen LogP contribution in [0.1, 0.15) is 59.8 Å². The number of rotatable bonds is 2. The van der Waals surface area contributed by atoms with Crippen LogP contribution in [0, 0.1) is 23.7 Å². The molecule has 0 radical (unpaired) electrons. The van der Waals surface area contributed by atoms with Gasteiger partial charge in [0, 0.05) is 6.92 Å². The van der Waals surface area contributed by atoms with E-state index in [2.05, 4.69) is 20.8 Å². The Labute approximate surface area is 122 Å². The van der Waals surface area contributed by atoms with Crippen LogP contribution in [0.15, 0.2) is 0 Å². The number of hydrogen-bond donors (Lipinski definition) is 0. The Morgan fingerprint density at radius 1 is 1.30 bits per heavy atom. The summed E-state index contributed by atoms with van der Waals surface area (Å²) >= 11 is 0. The van der Waals surface area contributed by atoms with Crippen molar-refractivity contribution in [1.82, 2.24) is 0 Å². The molecule has 2 aliphatic carbocycles. The first-order valence-corrected chi connectivity index (χ1v) is 8.17. The predicted molar refractivity (Wildman–Crippen MR) is 77.2 cm³/mol. The highest BCUT2D eigenvalue weighted by Crippen LogP contribution is 2.58. The van der Waals surface area contributed by atoms with Crippen molar-refractivity contribution in [3.63, 3.8) is 0 Å². The van der Waals surface area contributed by atoms with Crippen molar-refractivity contribution >= 4 is 5.97 Å². The Bertz CT molecular complexity index is 407. The lowest BCUT2D eigenvalue weighted by Crippen LogP contribution is -2.53. The van der Waals surface area contributed by atoms with E-state index in [9.17, 15) is 4.79 Å². The summed E-state index contributed by atoms with van der Waals surface area (Å²) in [5.41, 5.74) is -0.306. The van der Waals surface area contributed by atoms with Gasteiger partial charge in [-0.15, -0.1) is 0 Å². The van der Waals surface area contributed by atoms with Crippen molar-refractivity contribution in [2.24, 2.45) is 23.7 Å². The Balaban J connectivity index is 1.86. The second-order valence-corrected chi connectivity index (χ2v) is 7.80. The molecule has 0 amide bonds. The molecule has 0 aromatic carbocycles. The van der Waals surface area contributed by atoms with Crippen LogP contribution in [0.3, 0.4) is 0 Å². The van der Waals surface area contributed by atoms with Gasteiger partial charge in [-0.3, -0.25) is 4.79 Å². The monoisotopic (exact) mass is 280 g/mol. The zero-order valence-electron chi connectivity index (χ0n) is 13.3. The van der Waals surface area contributed by atoms with E-state index in [-0.39, 0.29) is 17.2 Å². The predicted octanol–water partition coefficient (Wildman–Crippen LogP) is 3.56. The molecule has 2 saturated heterocycles. The molecular formula is C17H28O3. The van der Waals surface area contributed by atoms with Crippen molar-refractivity contribution in [3.05, 3.63) is 0 Å². The van der Waals surface area contributed by atoms with Gasteiger partial charge in [0.05, 0.1) is 5.60 Å². The van der Waals surface area contributed by atoms with E-state index in [1.165, 1.54) is 39.0 Å². The van der Waals surface area contributed by atoms with Gasteiger partial charge >= 0.3 is 5.97 Å². The molecule has 20 heavy (non-hydrogen) atoms. The van der Waals surface area contributed by atoms with Crippen LogP contribution in [0.5, 0.6) is 0 Å². The van der Waals surface area contributed by atoms with Gasteiger partial charge in [0.1, 0.15) is 12.2 Å². The molecule has 0 spiro atoms. The third-order valence-corrected chi connectivity index (χ3v) is 6.40. The standard InChI is InChI=1S/C17H28O3/c1-11-5-6-15-14(11)9-13-7-8-16(15,3)20-17(13,4)10-19-12(2)18/h11,13-15H,5-10H2,1-4H3. The van der Waals surface area contributed by atoms with Crippen LogP contribution in [-0.2, 0) is 14.3 Å². The van der Waals surface area contributed by atoms with Gasteiger partial charge in [0.15, 0.2) is 0 Å². The highest BCUT2D eigenvalue weighted by Gasteiger charge is 2.58. The lowest BCUT2D eigenvalue weighted by atomic mass is 9.78. The number of carbonyl (C=O) groups excluding carboxylic acids is 1. The van der Waals surface area contributed by atoms with Crippen molar-refractivity contribution in [1.29, 1.82) is 0 Å². The molecule has 4 fully saturated rings. The van der Waals surface area contributed by atoms with Gasteiger partial charge in [0.25, 0.3) is 0 Å². The molecule has 0 aromatic rings. The summed E-state index contributed by atoms with van der Waals surface area (Å²) < 4.78 is 11.9. The lowest BCUT2D eigenvalue weighted by molar-refractivity contribution is -0.226. The summed E-state index contributed by atoms with van der Waals surface area (Å²) in [5.74, 6) is 2.65. The van der Waals surface area contributed by atoms with Crippen LogP contribution in [-0.4, -0.2) is 23.8 Å². The Morgan fingerprint density at radius 2 is 2.05 bits per heavy atom. The third-order valence-electron chi connectivity index (χ3n) is 6.40. The minimum atomic E-state index is -0.289. The maximum absolute atomic E-state index is 11.2. The molecule has 2 aliphatic heterocycles. The molecule has 114 valence electrons. The topological polar surface area (TPSA) is 35.5 Å². The Morgan fingerprint density at radius 3 is 2.75 bits per heavy atom. The van der Waals surface area contributed by atoms with Crippen LogP contribution in [0.2, 0.25) is 0 Å². The van der Waals surface area contributed by atoms with Crippen LogP contribution >= 0.6 is 0 Å². The molecule has 3 nitrogen and oxygen atoms in total. The molecule has 2 bridgehead atoms. The first-order valence-electron chi connectivity index (χ1n) is 8.17. The Hall–Kier alpha value is -0.570. The SMILES string of the molecule is CC(=O)OCC1(C)OC2(C)CCC1CC1C(C)CCC12. The van der Waals surface area contributed by atoms with Gasteiger partial charge in [-0.2, -0.15) is 0 Å². The van der Waals surface area contributed by atoms with Gasteiger partial charge in [-0.25, -0.2) is 0 Å². The maximum Gasteiger partial charge on any atom is 0.302 e. The highest BCUT2D eigenvalue weighted by atomic mass is 16.6. The molecule has 4 aliphatic rings. The summed E-state index contributed by atoms with van der Waals surface area (Å²) in [6.45, 7) is 8.76. The van der Waals surface area contributed by atoms with Gasteiger partial charge in [0.2, 0.25) is 0 Å². The van der Waals surface area contributed by atoms with Crippen LogP contribution < -0.4 is 0 Å². The number of hydrogen-bond acceptors (Lipinski definition) is 3. The third kappa shape index (κ3) is 2.18. The zero-order valence-corrected chi connectivity index (χ0v) is 13.3. The first kappa shape index (κ1) is 14.4. The molecule has 0 aromatic heterocycles. The van der Waals surface area contributed by atoms with Crippen LogP contribution in [0.4, 0.5) is 0 Å². The van der Waals surface area contributed by atoms with Gasteiger partial charge < -0.3 is 9.47 Å². The average Bonchev–Trinajstić information content (AvgIpc) is 2.61. The summed E-state index contributed by atoms with van der Waals surface area (Å²) in [6, 6.07) is 0. The fraction of sp³-hybridized carbons (Fsp3) is 0.941. The molecular weight excluding hydrogens is 252 g/mol. The van der Waals surface area contributed by atoms with E-state index in [1.54, 1.807) is 0 Å². The van der Waals surface area contributed by atoms with E-state index < -0.39 is 0 Å². The maximum atomic E-state index is 11.2. The molecule has 4 rings (SSSR count). The minimum Gasteiger partial charge on any atom is -0.463 e. The van der Waals surface area contributed by atoms with E-state index in [0.29, 0.717) is 18.4 Å². The molecule has 6 atom stereocenters. The number of fused-ring (bicyclic) bond motifs is 2. The number of carbonyl (C=O) groups is 1. The molecule has 6 unspecified atom stereocenters. The highest BCUT2D eigenvalue weighted by molar-refractivity contribution is 5.65. The van der Waals surface area contributed by atoms with E-state index in [1.807, 2.05) is 0 Å². The quantitative estimate of drug-likeness (QED) is 0.726. The second kappa shape index (κ2) is 4.72. The largest absolute Gasteiger partial charge is 0.463 e. The van der Waals surface area contributed by atoms with E-state index in [4.69, 9.17) is 9.47 Å². The van der Waals surface area contributed by atoms with E-state index >= 15 is 0 Å². The normalized spacial score (nSPS) is 50.6. The zero-order chi connectivity index (χ0) is 14.5. The smallest absolute Gasteiger partial charge is 0.302 e. The average molecular weight is 280 g/mol. The summed E-state index contributed by atoms with van der Waals surface area (Å²) in [7, 11) is 0. The fourth-order valence-electron chi connectivity index (χ4n) is 5.20. The molecule has 2 saturated carbocycles. The number of ether oxygens (including phenoxy) is 2. The van der Waals surface area contributed by atoms with Crippen molar-refractivity contribution in [3.8, 4) is 0 Å². The second-order valence-electron chi connectivity index (χ2n) is 7.80. The van der Waals surface area contributed by atoms with Gasteiger partial charge in [-0.1, -0.05) is 13.3 Å². The summed E-state index contributed by atoms with van der Waals surface area (Å²) in [5, 5.41) is 0. The molecule has 3 heteroatoms. The first-order chi connectivity index (χ1) is 9.34. The number of esters is 1. The summed E-state index contributed by atoms with van der Waals surface area (Å²) in [4.78, 5) is 11.2. The molecule has 2 heterocycles. The van der Waals surface area contributed by atoms with Gasteiger partial charge in [-0.05, 0) is 63.2 Å². The van der Waals surface area contributed by atoms with Crippen molar-refractivity contribution < 1.29 is 14.3 Å².